The topological polar surface area (TPSA) is 70.7 Å². The maximum atomic E-state index is 12.7. The highest BCUT2D eigenvalue weighted by Gasteiger charge is 2.09. The van der Waals surface area contributed by atoms with Crippen molar-refractivity contribution in [1.82, 2.24) is 4.90 Å². The maximum absolute atomic E-state index is 12.7. The minimum absolute atomic E-state index is 0.161. The second-order valence-corrected chi connectivity index (χ2v) is 8.38. The summed E-state index contributed by atoms with van der Waals surface area (Å²) in [6.45, 7) is 7.46. The minimum atomic E-state index is -0.196. The predicted octanol–water partition coefficient (Wildman–Crippen LogP) is 6.39. The van der Waals surface area contributed by atoms with Crippen LogP contribution in [0, 0.1) is 0 Å². The van der Waals surface area contributed by atoms with E-state index < -0.39 is 0 Å². The summed E-state index contributed by atoms with van der Waals surface area (Å²) >= 11 is 0. The van der Waals surface area contributed by atoms with Gasteiger partial charge in [-0.15, -0.1) is 0 Å². The Morgan fingerprint density at radius 2 is 1.46 bits per heavy atom. The molecule has 0 aromatic heterocycles. The molecule has 0 radical (unpaired) electrons. The number of Topliss-reactive ketones (excluding diaryl/α,β-unsaturated/α-hetero) is 1. The van der Waals surface area contributed by atoms with Gasteiger partial charge in [0, 0.05) is 34.6 Å². The lowest BCUT2D eigenvalue weighted by molar-refractivity contribution is 0.0976. The van der Waals surface area contributed by atoms with Gasteiger partial charge in [-0.3, -0.25) is 9.59 Å². The molecule has 0 aliphatic rings. The van der Waals surface area contributed by atoms with E-state index in [1.807, 2.05) is 48.5 Å². The molecule has 6 nitrogen and oxygen atoms in total. The van der Waals surface area contributed by atoms with Crippen LogP contribution in [0.15, 0.2) is 72.8 Å². The first kappa shape index (κ1) is 26.0. The Hall–Kier alpha value is -3.64. The normalized spacial score (nSPS) is 10.7. The number of ether oxygens (including phenoxy) is 1. The van der Waals surface area contributed by atoms with E-state index in [2.05, 4.69) is 29.4 Å². The molecule has 0 fully saturated rings. The van der Waals surface area contributed by atoms with Crippen molar-refractivity contribution < 1.29 is 14.3 Å². The first-order valence-corrected chi connectivity index (χ1v) is 12.2. The molecule has 3 aromatic rings. The SMILES string of the molecule is CCN(CC)CCCCC(=O)c1cccc(Nc2cccc(NC(=O)c3ccc(OC)cc3)c2)c1. The highest BCUT2D eigenvalue weighted by molar-refractivity contribution is 6.04. The summed E-state index contributed by atoms with van der Waals surface area (Å²) in [5.74, 6) is 0.667. The smallest absolute Gasteiger partial charge is 0.255 e. The monoisotopic (exact) mass is 473 g/mol. The molecule has 0 atom stereocenters. The van der Waals surface area contributed by atoms with Gasteiger partial charge in [-0.25, -0.2) is 0 Å². The summed E-state index contributed by atoms with van der Waals surface area (Å²) in [4.78, 5) is 27.6. The van der Waals surface area contributed by atoms with Crippen LogP contribution in [-0.2, 0) is 0 Å². The van der Waals surface area contributed by atoms with Gasteiger partial charge in [0.2, 0.25) is 0 Å². The van der Waals surface area contributed by atoms with E-state index in [4.69, 9.17) is 4.74 Å². The van der Waals surface area contributed by atoms with E-state index in [0.717, 1.165) is 43.9 Å². The van der Waals surface area contributed by atoms with Crippen LogP contribution >= 0.6 is 0 Å². The summed E-state index contributed by atoms with van der Waals surface area (Å²) < 4.78 is 5.14. The van der Waals surface area contributed by atoms with Gasteiger partial charge in [0.15, 0.2) is 5.78 Å². The van der Waals surface area contributed by atoms with Crippen LogP contribution < -0.4 is 15.4 Å². The number of amides is 1. The molecule has 0 aliphatic carbocycles. The molecule has 35 heavy (non-hydrogen) atoms. The molecule has 0 spiro atoms. The quantitative estimate of drug-likeness (QED) is 0.222. The lowest BCUT2D eigenvalue weighted by Crippen LogP contribution is -2.24. The molecule has 0 aliphatic heterocycles. The number of nitrogens with zero attached hydrogens (tertiary/aromatic N) is 1. The van der Waals surface area contributed by atoms with Crippen LogP contribution in [0.5, 0.6) is 5.75 Å². The van der Waals surface area contributed by atoms with Crippen molar-refractivity contribution in [2.24, 2.45) is 0 Å². The van der Waals surface area contributed by atoms with Gasteiger partial charge in [-0.1, -0.05) is 32.0 Å². The standard InChI is InChI=1S/C29H35N3O3/c1-4-32(5-2)19-7-6-14-28(33)23-10-8-11-24(20-23)30-25-12-9-13-26(21-25)31-29(34)22-15-17-27(35-3)18-16-22/h8-13,15-18,20-21,30H,4-7,14,19H2,1-3H3,(H,31,34). The number of nitrogens with one attached hydrogen (secondary N) is 2. The Bertz CT molecular complexity index is 1110. The largest absolute Gasteiger partial charge is 0.497 e. The lowest BCUT2D eigenvalue weighted by Gasteiger charge is -2.17. The van der Waals surface area contributed by atoms with Gasteiger partial charge in [0.05, 0.1) is 7.11 Å². The Morgan fingerprint density at radius 3 is 2.14 bits per heavy atom. The Balaban J connectivity index is 1.57. The van der Waals surface area contributed by atoms with E-state index in [1.165, 1.54) is 0 Å². The number of anilines is 3. The third-order valence-electron chi connectivity index (χ3n) is 5.97. The number of hydrogen-bond donors (Lipinski definition) is 2. The molecule has 0 saturated carbocycles. The molecule has 3 aromatic carbocycles. The van der Waals surface area contributed by atoms with Gasteiger partial charge in [0.1, 0.15) is 5.75 Å². The summed E-state index contributed by atoms with van der Waals surface area (Å²) in [6, 6.07) is 22.0. The van der Waals surface area contributed by atoms with Crippen molar-refractivity contribution in [3.05, 3.63) is 83.9 Å². The summed E-state index contributed by atoms with van der Waals surface area (Å²) in [5, 5.41) is 6.26. The van der Waals surface area contributed by atoms with Gasteiger partial charge >= 0.3 is 0 Å². The summed E-state index contributed by atoms with van der Waals surface area (Å²) in [5.41, 5.74) is 3.59. The highest BCUT2D eigenvalue weighted by Crippen LogP contribution is 2.22. The zero-order valence-corrected chi connectivity index (χ0v) is 20.8. The van der Waals surface area contributed by atoms with E-state index in [9.17, 15) is 9.59 Å². The van der Waals surface area contributed by atoms with Crippen LogP contribution in [0.4, 0.5) is 17.1 Å². The van der Waals surface area contributed by atoms with Gasteiger partial charge in [-0.05, 0) is 87.1 Å². The number of carbonyl (C=O) groups excluding carboxylic acids is 2. The molecule has 6 heteroatoms. The number of rotatable bonds is 13. The zero-order valence-electron chi connectivity index (χ0n) is 20.8. The molecule has 2 N–H and O–H groups in total. The van der Waals surface area contributed by atoms with Crippen molar-refractivity contribution in [3.8, 4) is 5.75 Å². The molecule has 0 saturated heterocycles. The average Bonchev–Trinajstić information content (AvgIpc) is 2.89. The number of ketones is 1. The second-order valence-electron chi connectivity index (χ2n) is 8.38. The third kappa shape index (κ3) is 7.97. The highest BCUT2D eigenvalue weighted by atomic mass is 16.5. The molecule has 1 amide bonds. The van der Waals surface area contributed by atoms with Gasteiger partial charge in [-0.2, -0.15) is 0 Å². The van der Waals surface area contributed by atoms with Crippen LogP contribution in [0.2, 0.25) is 0 Å². The fraction of sp³-hybridized carbons (Fsp3) is 0.310. The second kappa shape index (κ2) is 13.3. The van der Waals surface area contributed by atoms with Crippen molar-refractivity contribution in [2.75, 3.05) is 37.4 Å². The Kier molecular flexibility index (Phi) is 9.87. The van der Waals surface area contributed by atoms with Crippen molar-refractivity contribution >= 4 is 28.8 Å². The Morgan fingerprint density at radius 1 is 0.800 bits per heavy atom. The Labute approximate surface area is 208 Å². The number of unbranched alkanes of at least 4 members (excludes halogenated alkanes) is 1. The molecule has 0 unspecified atom stereocenters. The van der Waals surface area contributed by atoms with Crippen molar-refractivity contribution in [3.63, 3.8) is 0 Å². The average molecular weight is 474 g/mol. The van der Waals surface area contributed by atoms with E-state index in [-0.39, 0.29) is 11.7 Å². The number of benzene rings is 3. The number of hydrogen-bond acceptors (Lipinski definition) is 5. The van der Waals surface area contributed by atoms with Crippen molar-refractivity contribution in [2.45, 2.75) is 33.1 Å². The maximum Gasteiger partial charge on any atom is 0.255 e. The van der Waals surface area contributed by atoms with Crippen LogP contribution in [0.3, 0.4) is 0 Å². The van der Waals surface area contributed by atoms with Crippen LogP contribution in [-0.4, -0.2) is 43.3 Å². The number of methoxy groups -OCH3 is 1. The van der Waals surface area contributed by atoms with Gasteiger partial charge in [0.25, 0.3) is 5.91 Å². The van der Waals surface area contributed by atoms with E-state index in [0.29, 0.717) is 29.0 Å². The van der Waals surface area contributed by atoms with Crippen molar-refractivity contribution in [1.29, 1.82) is 0 Å². The fourth-order valence-electron chi connectivity index (χ4n) is 3.86. The molecule has 184 valence electrons. The molecular formula is C29H35N3O3. The summed E-state index contributed by atoms with van der Waals surface area (Å²) in [7, 11) is 1.59. The number of carbonyl (C=O) groups is 2. The summed E-state index contributed by atoms with van der Waals surface area (Å²) in [6.07, 6.45) is 2.47. The van der Waals surface area contributed by atoms with Gasteiger partial charge < -0.3 is 20.3 Å². The zero-order chi connectivity index (χ0) is 25.0. The van der Waals surface area contributed by atoms with Crippen LogP contribution in [0.1, 0.15) is 53.8 Å². The third-order valence-corrected chi connectivity index (χ3v) is 5.97. The fourth-order valence-corrected chi connectivity index (χ4v) is 3.86. The minimum Gasteiger partial charge on any atom is -0.497 e. The molecule has 0 heterocycles. The van der Waals surface area contributed by atoms with E-state index in [1.54, 1.807) is 31.4 Å². The lowest BCUT2D eigenvalue weighted by atomic mass is 10.0. The molecular weight excluding hydrogens is 438 g/mol. The van der Waals surface area contributed by atoms with E-state index >= 15 is 0 Å². The molecule has 0 bridgehead atoms. The first-order valence-electron chi connectivity index (χ1n) is 12.2. The molecule has 3 rings (SSSR count). The first-order chi connectivity index (χ1) is 17.0. The van der Waals surface area contributed by atoms with Crippen LogP contribution in [0.25, 0.3) is 0 Å². The predicted molar refractivity (Wildman–Crippen MR) is 143 cm³/mol.